The standard InChI is InChI=1S/C42H51N7O17S/c1-29(38-44-18-9-19-45-38)46-39(60-23-24-61-40(50)31-11-8-10-30(26-31)27-65-49(54)55)36(66-35-13-7-6-12-34(35)58-5)37(43)47(28-63-41(51)62-22-20-59-21-25-64-48(52)53)67(56,57)33-16-14-32(15-17-33)42(2,3)4/h6-19,26,52-55H,1,20-25,27-28,43H2,2-5H3/b37-36-,46-39+. The first-order valence-corrected chi connectivity index (χ1v) is 21.2. The summed E-state index contributed by atoms with van der Waals surface area (Å²) in [7, 11) is -3.44. The summed E-state index contributed by atoms with van der Waals surface area (Å²) in [6.45, 7) is 6.52. The van der Waals surface area contributed by atoms with Crippen LogP contribution in [-0.2, 0) is 55.4 Å². The molecule has 3 aromatic carbocycles. The van der Waals surface area contributed by atoms with Gasteiger partial charge in [-0.05, 0) is 59.0 Å². The summed E-state index contributed by atoms with van der Waals surface area (Å²) >= 11 is 0. The molecule has 362 valence electrons. The number of para-hydroxylation sites is 2. The summed E-state index contributed by atoms with van der Waals surface area (Å²) in [4.78, 5) is 47.4. The van der Waals surface area contributed by atoms with Gasteiger partial charge < -0.3 is 38.9 Å². The molecular formula is C42H51N7O17S. The van der Waals surface area contributed by atoms with Crippen molar-refractivity contribution in [2.24, 2.45) is 10.7 Å². The molecule has 0 saturated heterocycles. The summed E-state index contributed by atoms with van der Waals surface area (Å²) in [5.41, 5.74) is 7.59. The Morgan fingerprint density at radius 2 is 1.42 bits per heavy atom. The first kappa shape index (κ1) is 52.8. The van der Waals surface area contributed by atoms with Crippen molar-refractivity contribution in [3.8, 4) is 11.5 Å². The molecule has 0 saturated carbocycles. The highest BCUT2D eigenvalue weighted by Crippen LogP contribution is 2.31. The molecule has 0 unspecified atom stereocenters. The Balaban J connectivity index is 1.78. The van der Waals surface area contributed by atoms with Crippen molar-refractivity contribution in [3.05, 3.63) is 132 Å². The molecule has 25 heteroatoms. The zero-order valence-corrected chi connectivity index (χ0v) is 37.6. The topological polar surface area (TPSA) is 306 Å². The van der Waals surface area contributed by atoms with Crippen molar-refractivity contribution >= 4 is 33.7 Å². The number of carbonyl (C=O) groups excluding carboxylic acids is 2. The third-order valence-electron chi connectivity index (χ3n) is 8.59. The summed E-state index contributed by atoms with van der Waals surface area (Å²) in [6.07, 6.45) is 1.49. The Kier molecular flexibility index (Phi) is 20.3. The van der Waals surface area contributed by atoms with E-state index in [9.17, 15) is 18.0 Å². The summed E-state index contributed by atoms with van der Waals surface area (Å²) in [6, 6.07) is 19.6. The Hall–Kier alpha value is -6.78. The van der Waals surface area contributed by atoms with Gasteiger partial charge in [0.2, 0.25) is 5.76 Å². The lowest BCUT2D eigenvalue weighted by Crippen LogP contribution is -2.39. The molecule has 0 amide bonds. The number of nitrogens with two attached hydrogens (primary N) is 1. The zero-order valence-electron chi connectivity index (χ0n) is 36.8. The van der Waals surface area contributed by atoms with Crippen molar-refractivity contribution in [3.63, 3.8) is 0 Å². The van der Waals surface area contributed by atoms with Crippen LogP contribution in [0.5, 0.6) is 11.5 Å². The quantitative estimate of drug-likeness (QED) is 0.0115. The molecule has 0 fully saturated rings. The Labute approximate surface area is 384 Å². The largest absolute Gasteiger partial charge is 0.510 e. The maximum Gasteiger partial charge on any atom is 0.510 e. The van der Waals surface area contributed by atoms with E-state index in [1.54, 1.807) is 36.4 Å². The van der Waals surface area contributed by atoms with Gasteiger partial charge in [-0.25, -0.2) is 46.9 Å². The molecule has 4 aromatic rings. The molecule has 1 aromatic heterocycles. The van der Waals surface area contributed by atoms with Crippen molar-refractivity contribution in [1.82, 2.24) is 25.1 Å². The van der Waals surface area contributed by atoms with Gasteiger partial charge in [-0.2, -0.15) is 0 Å². The van der Waals surface area contributed by atoms with Crippen LogP contribution < -0.4 is 15.2 Å². The second kappa shape index (κ2) is 25.8. The predicted molar refractivity (Wildman–Crippen MR) is 230 cm³/mol. The third-order valence-corrected chi connectivity index (χ3v) is 10.3. The smallest absolute Gasteiger partial charge is 0.493 e. The average Bonchev–Trinajstić information content (AvgIpc) is 3.30. The molecule has 24 nitrogen and oxygen atoms in total. The molecular weight excluding hydrogens is 907 g/mol. The summed E-state index contributed by atoms with van der Waals surface area (Å²) in [5.74, 6) is -2.59. The van der Waals surface area contributed by atoms with E-state index in [2.05, 4.69) is 31.2 Å². The Bertz CT molecular complexity index is 2410. The van der Waals surface area contributed by atoms with E-state index in [4.69, 9.17) is 59.7 Å². The van der Waals surface area contributed by atoms with Gasteiger partial charge in [-0.3, -0.25) is 20.8 Å². The van der Waals surface area contributed by atoms with E-state index < -0.39 is 70.4 Å². The molecule has 67 heavy (non-hydrogen) atoms. The second-order valence-electron chi connectivity index (χ2n) is 14.3. The Morgan fingerprint density at radius 1 is 0.776 bits per heavy atom. The van der Waals surface area contributed by atoms with Gasteiger partial charge in [0.15, 0.2) is 29.9 Å². The van der Waals surface area contributed by atoms with Gasteiger partial charge in [0.25, 0.3) is 15.9 Å². The minimum atomic E-state index is -4.79. The molecule has 0 bridgehead atoms. The first-order valence-electron chi connectivity index (χ1n) is 19.8. The van der Waals surface area contributed by atoms with Gasteiger partial charge in [0.1, 0.15) is 25.5 Å². The molecule has 0 spiro atoms. The minimum absolute atomic E-state index is 0.00869. The summed E-state index contributed by atoms with van der Waals surface area (Å²) < 4.78 is 68.7. The van der Waals surface area contributed by atoms with Crippen LogP contribution in [0.15, 0.2) is 119 Å². The normalized spacial score (nSPS) is 12.3. The van der Waals surface area contributed by atoms with E-state index in [1.165, 1.54) is 62.0 Å². The maximum absolute atomic E-state index is 14.7. The van der Waals surface area contributed by atoms with Crippen LogP contribution >= 0.6 is 0 Å². The van der Waals surface area contributed by atoms with Crippen LogP contribution in [0.1, 0.15) is 48.1 Å². The average molecular weight is 958 g/mol. The van der Waals surface area contributed by atoms with E-state index in [0.717, 1.165) is 5.56 Å². The number of carbonyl (C=O) groups is 2. The molecule has 6 N–H and O–H groups in total. The lowest BCUT2D eigenvalue weighted by molar-refractivity contribution is -0.497. The molecule has 4 rings (SSSR count). The zero-order chi connectivity index (χ0) is 49.0. The van der Waals surface area contributed by atoms with E-state index in [1.807, 2.05) is 20.8 Å². The number of methoxy groups -OCH3 is 1. The van der Waals surface area contributed by atoms with Crippen LogP contribution in [0.2, 0.25) is 0 Å². The summed E-state index contributed by atoms with van der Waals surface area (Å²) in [5, 5.41) is 34.1. The van der Waals surface area contributed by atoms with Gasteiger partial charge in [0.05, 0.1) is 54.8 Å². The van der Waals surface area contributed by atoms with E-state index in [0.29, 0.717) is 9.87 Å². The monoisotopic (exact) mass is 957 g/mol. The second-order valence-corrected chi connectivity index (χ2v) is 16.2. The highest BCUT2D eigenvalue weighted by molar-refractivity contribution is 7.89. The number of aromatic nitrogens is 2. The number of aliphatic imine (C=N–C) groups is 1. The molecule has 0 radical (unpaired) electrons. The molecule has 0 aliphatic carbocycles. The van der Waals surface area contributed by atoms with Crippen molar-refractivity contribution in [2.75, 3.05) is 53.5 Å². The number of nitrogens with zero attached hydrogens (tertiary/aromatic N) is 6. The lowest BCUT2D eigenvalue weighted by atomic mass is 9.87. The third kappa shape index (κ3) is 16.9. The number of rotatable bonds is 25. The SMILES string of the molecule is C=C(/N=C(OCCOC(=O)c1cccc(CON(O)O)c1)\C(Oc1ccccc1OC)=C(/N)N(COC(=O)OCCOCCON(O)O)S(=O)(=O)c1ccc(C(C)(C)C)cc1)c1ncccn1. The Morgan fingerprint density at radius 3 is 2.07 bits per heavy atom. The van der Waals surface area contributed by atoms with Gasteiger partial charge >= 0.3 is 12.1 Å². The molecule has 0 aliphatic heterocycles. The highest BCUT2D eigenvalue weighted by atomic mass is 32.2. The van der Waals surface area contributed by atoms with Crippen molar-refractivity contribution < 1.29 is 81.7 Å². The minimum Gasteiger partial charge on any atom is -0.493 e. The van der Waals surface area contributed by atoms with Gasteiger partial charge in [-0.15, -0.1) is 0 Å². The van der Waals surface area contributed by atoms with E-state index in [-0.39, 0.29) is 71.9 Å². The van der Waals surface area contributed by atoms with Crippen molar-refractivity contribution in [2.45, 2.75) is 37.7 Å². The molecule has 0 aliphatic rings. The number of esters is 1. The number of benzene rings is 3. The van der Waals surface area contributed by atoms with Crippen LogP contribution in [0.25, 0.3) is 5.70 Å². The number of hydrogen-bond acceptors (Lipinski definition) is 23. The predicted octanol–water partition coefficient (Wildman–Crippen LogP) is 4.57. The van der Waals surface area contributed by atoms with Crippen LogP contribution in [-0.4, -0.2) is 126 Å². The highest BCUT2D eigenvalue weighted by Gasteiger charge is 2.33. The van der Waals surface area contributed by atoms with Gasteiger partial charge in [0, 0.05) is 12.4 Å². The molecule has 0 atom stereocenters. The van der Waals surface area contributed by atoms with Crippen LogP contribution in [0.3, 0.4) is 0 Å². The first-order chi connectivity index (χ1) is 31.9. The fourth-order valence-electron chi connectivity index (χ4n) is 5.32. The van der Waals surface area contributed by atoms with Crippen LogP contribution in [0, 0.1) is 0 Å². The maximum atomic E-state index is 14.7. The van der Waals surface area contributed by atoms with Crippen LogP contribution in [0.4, 0.5) is 4.79 Å². The number of ether oxygens (including phenoxy) is 7. The number of hydrogen-bond donors (Lipinski definition) is 5. The van der Waals surface area contributed by atoms with Gasteiger partial charge in [-0.1, -0.05) is 63.7 Å². The fraction of sp³-hybridized carbons (Fsp3) is 0.310. The lowest BCUT2D eigenvalue weighted by Gasteiger charge is -2.27. The molecule has 1 heterocycles. The number of sulfonamides is 1. The van der Waals surface area contributed by atoms with E-state index >= 15 is 0 Å². The van der Waals surface area contributed by atoms with Crippen molar-refractivity contribution in [1.29, 1.82) is 0 Å². The fourth-order valence-corrected chi connectivity index (χ4v) is 6.58.